The van der Waals surface area contributed by atoms with Crippen LogP contribution in [0.4, 0.5) is 11.4 Å². The van der Waals surface area contributed by atoms with Crippen LogP contribution in [0, 0.1) is 6.92 Å². The summed E-state index contributed by atoms with van der Waals surface area (Å²) in [7, 11) is -7.40. The number of halogens is 1. The SMILES string of the molecule is Cc1ccc(S(=O)(=O)C(C)C(=O)Nc2cc(O)c(NC(=O)c3ccc(S(C)(=O)=O)cc3)cc2Cl)cc1. The molecule has 12 heteroatoms. The lowest BCUT2D eigenvalue weighted by molar-refractivity contribution is -0.115. The van der Waals surface area contributed by atoms with Crippen molar-refractivity contribution in [2.45, 2.75) is 28.9 Å². The summed E-state index contributed by atoms with van der Waals surface area (Å²) in [6.45, 7) is 3.05. The molecule has 0 bridgehead atoms. The van der Waals surface area contributed by atoms with E-state index in [2.05, 4.69) is 10.6 Å². The van der Waals surface area contributed by atoms with Crippen molar-refractivity contribution in [3.63, 3.8) is 0 Å². The largest absolute Gasteiger partial charge is 0.506 e. The maximum Gasteiger partial charge on any atom is 0.255 e. The minimum Gasteiger partial charge on any atom is -0.506 e. The number of hydrogen-bond acceptors (Lipinski definition) is 7. The van der Waals surface area contributed by atoms with E-state index in [0.717, 1.165) is 17.9 Å². The molecule has 0 spiro atoms. The molecule has 0 saturated heterocycles. The van der Waals surface area contributed by atoms with Crippen molar-refractivity contribution in [3.05, 3.63) is 76.8 Å². The Labute approximate surface area is 214 Å². The van der Waals surface area contributed by atoms with Gasteiger partial charge in [0.2, 0.25) is 5.91 Å². The van der Waals surface area contributed by atoms with Crippen molar-refractivity contribution in [2.75, 3.05) is 16.9 Å². The number of nitrogens with one attached hydrogen (secondary N) is 2. The second-order valence-corrected chi connectivity index (χ2v) is 12.8. The first-order valence-corrected chi connectivity index (χ1v) is 14.3. The van der Waals surface area contributed by atoms with Crippen LogP contribution in [0.1, 0.15) is 22.8 Å². The Balaban J connectivity index is 1.76. The van der Waals surface area contributed by atoms with Gasteiger partial charge in [0.15, 0.2) is 19.7 Å². The molecule has 0 radical (unpaired) electrons. The first-order valence-electron chi connectivity index (χ1n) is 10.5. The molecule has 0 aromatic heterocycles. The van der Waals surface area contributed by atoms with Crippen LogP contribution in [-0.2, 0) is 24.5 Å². The maximum atomic E-state index is 12.8. The van der Waals surface area contributed by atoms with Gasteiger partial charge in [-0.2, -0.15) is 0 Å². The molecule has 0 heterocycles. The van der Waals surface area contributed by atoms with Gasteiger partial charge in [-0.15, -0.1) is 0 Å². The third-order valence-electron chi connectivity index (χ3n) is 5.32. The number of anilines is 2. The van der Waals surface area contributed by atoms with Gasteiger partial charge in [0.25, 0.3) is 5.91 Å². The maximum absolute atomic E-state index is 12.8. The number of carbonyl (C=O) groups is 2. The van der Waals surface area contributed by atoms with Gasteiger partial charge in [-0.1, -0.05) is 29.3 Å². The van der Waals surface area contributed by atoms with E-state index < -0.39 is 42.5 Å². The molecule has 3 aromatic rings. The zero-order chi connectivity index (χ0) is 26.8. The molecule has 1 atom stereocenters. The molecule has 36 heavy (non-hydrogen) atoms. The van der Waals surface area contributed by atoms with Crippen molar-refractivity contribution in [1.82, 2.24) is 0 Å². The predicted molar refractivity (Wildman–Crippen MR) is 137 cm³/mol. The highest BCUT2D eigenvalue weighted by molar-refractivity contribution is 7.92. The average molecular weight is 551 g/mol. The fraction of sp³-hybridized carbons (Fsp3) is 0.167. The number of aromatic hydroxyl groups is 1. The second kappa shape index (κ2) is 10.3. The number of rotatable bonds is 7. The zero-order valence-corrected chi connectivity index (χ0v) is 21.8. The smallest absolute Gasteiger partial charge is 0.255 e. The fourth-order valence-corrected chi connectivity index (χ4v) is 5.22. The van der Waals surface area contributed by atoms with Gasteiger partial charge in [0.1, 0.15) is 11.0 Å². The Morgan fingerprint density at radius 3 is 1.97 bits per heavy atom. The fourth-order valence-electron chi connectivity index (χ4n) is 3.11. The van der Waals surface area contributed by atoms with Crippen LogP contribution in [0.3, 0.4) is 0 Å². The Kier molecular flexibility index (Phi) is 7.77. The van der Waals surface area contributed by atoms with E-state index in [1.165, 1.54) is 49.4 Å². The number of hydrogen-bond donors (Lipinski definition) is 3. The highest BCUT2D eigenvalue weighted by Crippen LogP contribution is 2.34. The van der Waals surface area contributed by atoms with Crippen LogP contribution in [-0.4, -0.2) is 45.3 Å². The lowest BCUT2D eigenvalue weighted by Gasteiger charge is -2.16. The Morgan fingerprint density at radius 1 is 0.861 bits per heavy atom. The molecule has 9 nitrogen and oxygen atoms in total. The number of benzene rings is 3. The molecule has 3 N–H and O–H groups in total. The summed E-state index contributed by atoms with van der Waals surface area (Å²) in [5, 5.41) is 13.7. The van der Waals surface area contributed by atoms with Crippen molar-refractivity contribution in [3.8, 4) is 5.75 Å². The van der Waals surface area contributed by atoms with Gasteiger partial charge in [0.05, 0.1) is 26.2 Å². The summed E-state index contributed by atoms with van der Waals surface area (Å²) in [6.07, 6.45) is 1.04. The number of carbonyl (C=O) groups excluding carboxylic acids is 2. The lowest BCUT2D eigenvalue weighted by Crippen LogP contribution is -2.32. The normalized spacial score (nSPS) is 12.6. The molecule has 0 aliphatic heterocycles. The van der Waals surface area contributed by atoms with E-state index in [1.807, 2.05) is 6.92 Å². The van der Waals surface area contributed by atoms with Crippen molar-refractivity contribution in [2.24, 2.45) is 0 Å². The first-order chi connectivity index (χ1) is 16.7. The van der Waals surface area contributed by atoms with Gasteiger partial charge in [0, 0.05) is 17.9 Å². The van der Waals surface area contributed by atoms with E-state index in [9.17, 15) is 31.5 Å². The van der Waals surface area contributed by atoms with E-state index in [1.54, 1.807) is 12.1 Å². The summed E-state index contributed by atoms with van der Waals surface area (Å²) < 4.78 is 48.7. The molecular formula is C24H23ClN2O7S2. The molecule has 0 fully saturated rings. The number of phenols is 1. The average Bonchev–Trinajstić information content (AvgIpc) is 2.81. The van der Waals surface area contributed by atoms with E-state index in [-0.39, 0.29) is 31.8 Å². The predicted octanol–water partition coefficient (Wildman–Crippen LogP) is 3.81. The van der Waals surface area contributed by atoms with Crippen molar-refractivity contribution in [1.29, 1.82) is 0 Å². The summed E-state index contributed by atoms with van der Waals surface area (Å²) in [6, 6.07) is 13.5. The summed E-state index contributed by atoms with van der Waals surface area (Å²) in [4.78, 5) is 25.2. The summed E-state index contributed by atoms with van der Waals surface area (Å²) in [5.74, 6) is -1.94. The Morgan fingerprint density at radius 2 is 1.42 bits per heavy atom. The molecule has 190 valence electrons. The molecule has 0 aliphatic rings. The lowest BCUT2D eigenvalue weighted by atomic mass is 10.2. The van der Waals surface area contributed by atoms with E-state index in [4.69, 9.17) is 11.6 Å². The van der Waals surface area contributed by atoms with Crippen LogP contribution in [0.25, 0.3) is 0 Å². The topological polar surface area (TPSA) is 147 Å². The number of aryl methyl sites for hydroxylation is 1. The molecular weight excluding hydrogens is 528 g/mol. The molecule has 0 aliphatic carbocycles. The van der Waals surface area contributed by atoms with Gasteiger partial charge in [-0.25, -0.2) is 16.8 Å². The van der Waals surface area contributed by atoms with Gasteiger partial charge in [-0.05, 0) is 56.3 Å². The van der Waals surface area contributed by atoms with Crippen LogP contribution >= 0.6 is 11.6 Å². The third kappa shape index (κ3) is 6.04. The minimum atomic E-state index is -3.98. The highest BCUT2D eigenvalue weighted by atomic mass is 35.5. The van der Waals surface area contributed by atoms with Gasteiger partial charge >= 0.3 is 0 Å². The number of amides is 2. The summed E-state index contributed by atoms with van der Waals surface area (Å²) in [5.41, 5.74) is 0.869. The second-order valence-electron chi connectivity index (χ2n) is 8.09. The highest BCUT2D eigenvalue weighted by Gasteiger charge is 2.30. The Hall–Kier alpha value is -3.41. The van der Waals surface area contributed by atoms with Gasteiger partial charge < -0.3 is 15.7 Å². The first kappa shape index (κ1) is 27.2. The summed E-state index contributed by atoms with van der Waals surface area (Å²) >= 11 is 6.21. The van der Waals surface area contributed by atoms with Crippen LogP contribution in [0.5, 0.6) is 5.75 Å². The quantitative estimate of drug-likeness (QED) is 0.379. The monoisotopic (exact) mass is 550 g/mol. The van der Waals surface area contributed by atoms with Crippen LogP contribution in [0.15, 0.2) is 70.5 Å². The zero-order valence-electron chi connectivity index (χ0n) is 19.4. The van der Waals surface area contributed by atoms with E-state index >= 15 is 0 Å². The van der Waals surface area contributed by atoms with Crippen molar-refractivity contribution < 1.29 is 31.5 Å². The standard InChI is InChI=1S/C24H23ClN2O7S2/c1-14-4-8-18(9-5-14)36(33,34)15(2)23(29)26-20-13-22(28)21(12-19(20)25)27-24(30)16-6-10-17(11-7-16)35(3,31)32/h4-13,15,28H,1-3H3,(H,26,29)(H,27,30). The Bertz CT molecular complexity index is 1530. The minimum absolute atomic E-state index is 0.00711. The number of phenolic OH excluding ortho intramolecular Hbond substituents is 1. The van der Waals surface area contributed by atoms with Crippen molar-refractivity contribution >= 4 is 54.5 Å². The van der Waals surface area contributed by atoms with Crippen LogP contribution in [0.2, 0.25) is 5.02 Å². The molecule has 0 saturated carbocycles. The molecule has 3 aromatic carbocycles. The van der Waals surface area contributed by atoms with E-state index in [0.29, 0.717) is 0 Å². The number of sulfone groups is 2. The molecule has 1 unspecified atom stereocenters. The molecule has 2 amide bonds. The van der Waals surface area contributed by atoms with Crippen LogP contribution < -0.4 is 10.6 Å². The third-order valence-corrected chi connectivity index (χ3v) is 8.84. The molecule has 3 rings (SSSR count). The van der Waals surface area contributed by atoms with Gasteiger partial charge in [-0.3, -0.25) is 9.59 Å².